The van der Waals surface area contributed by atoms with Crippen LogP contribution in [0.15, 0.2) is 0 Å². The summed E-state index contributed by atoms with van der Waals surface area (Å²) in [7, 11) is 0. The van der Waals surface area contributed by atoms with Crippen LogP contribution in [0.2, 0.25) is 0 Å². The van der Waals surface area contributed by atoms with E-state index in [0.29, 0.717) is 10.6 Å². The minimum Gasteiger partial charge on any atom is -0.347 e. The van der Waals surface area contributed by atoms with E-state index in [-0.39, 0.29) is 11.9 Å². The molecule has 2 heterocycles. The van der Waals surface area contributed by atoms with Crippen molar-refractivity contribution in [3.8, 4) is 0 Å². The van der Waals surface area contributed by atoms with Crippen molar-refractivity contribution in [3.63, 3.8) is 0 Å². The molecule has 0 spiro atoms. The van der Waals surface area contributed by atoms with Crippen LogP contribution in [0.4, 0.5) is 0 Å². The molecule has 1 fully saturated rings. The summed E-state index contributed by atoms with van der Waals surface area (Å²) in [6.07, 6.45) is 2.16. The van der Waals surface area contributed by atoms with E-state index in [1.54, 1.807) is 6.92 Å². The summed E-state index contributed by atoms with van der Waals surface area (Å²) in [5, 5.41) is 10.1. The summed E-state index contributed by atoms with van der Waals surface area (Å²) >= 11 is 1.15. The van der Waals surface area contributed by atoms with Gasteiger partial charge in [0.15, 0.2) is 0 Å². The molecule has 0 aromatic carbocycles. The molecule has 1 aliphatic heterocycles. The first-order valence-electron chi connectivity index (χ1n) is 5.08. The first-order chi connectivity index (χ1) is 7.27. The molecule has 1 aromatic heterocycles. The number of carbonyl (C=O) groups is 1. The normalized spacial score (nSPS) is 21.3. The standard InChI is InChI=1S/C9H14N4OS/c1-6-8(15-13-12-6)9(14)11-7-3-2-4-10-5-7/h7,10H,2-5H2,1H3,(H,11,14). The van der Waals surface area contributed by atoms with Crippen LogP contribution in [0.25, 0.3) is 0 Å². The summed E-state index contributed by atoms with van der Waals surface area (Å²) in [4.78, 5) is 12.4. The highest BCUT2D eigenvalue weighted by molar-refractivity contribution is 7.07. The van der Waals surface area contributed by atoms with E-state index in [0.717, 1.165) is 37.5 Å². The predicted molar refractivity (Wildman–Crippen MR) is 58.0 cm³/mol. The molecule has 0 radical (unpaired) electrons. The van der Waals surface area contributed by atoms with Gasteiger partial charge in [-0.25, -0.2) is 0 Å². The molecular formula is C9H14N4OS. The van der Waals surface area contributed by atoms with Gasteiger partial charge in [0.1, 0.15) is 4.88 Å². The van der Waals surface area contributed by atoms with Crippen LogP contribution in [0.5, 0.6) is 0 Å². The molecule has 5 nitrogen and oxygen atoms in total. The fraction of sp³-hybridized carbons (Fsp3) is 0.667. The lowest BCUT2D eigenvalue weighted by atomic mass is 10.1. The van der Waals surface area contributed by atoms with Gasteiger partial charge in [-0.2, -0.15) is 0 Å². The van der Waals surface area contributed by atoms with Crippen LogP contribution in [-0.2, 0) is 0 Å². The van der Waals surface area contributed by atoms with Crippen LogP contribution in [0.1, 0.15) is 28.2 Å². The Labute approximate surface area is 92.4 Å². The summed E-state index contributed by atoms with van der Waals surface area (Å²) in [6.45, 7) is 3.71. The van der Waals surface area contributed by atoms with E-state index in [1.165, 1.54) is 0 Å². The molecule has 2 rings (SSSR count). The van der Waals surface area contributed by atoms with E-state index in [9.17, 15) is 4.79 Å². The molecule has 1 saturated heterocycles. The number of hydrogen-bond donors (Lipinski definition) is 2. The summed E-state index contributed by atoms with van der Waals surface area (Å²) in [5.74, 6) is -0.0452. The molecule has 15 heavy (non-hydrogen) atoms. The second kappa shape index (κ2) is 4.67. The van der Waals surface area contributed by atoms with Crippen molar-refractivity contribution in [2.24, 2.45) is 0 Å². The monoisotopic (exact) mass is 226 g/mol. The van der Waals surface area contributed by atoms with Crippen molar-refractivity contribution in [1.82, 2.24) is 20.2 Å². The van der Waals surface area contributed by atoms with Crippen molar-refractivity contribution in [2.45, 2.75) is 25.8 Å². The third-order valence-electron chi connectivity index (χ3n) is 2.49. The molecule has 2 N–H and O–H groups in total. The molecule has 6 heteroatoms. The quantitative estimate of drug-likeness (QED) is 0.762. The molecule has 1 unspecified atom stereocenters. The maximum absolute atomic E-state index is 11.8. The summed E-state index contributed by atoms with van der Waals surface area (Å²) in [5.41, 5.74) is 0.710. The highest BCUT2D eigenvalue weighted by atomic mass is 32.1. The average Bonchev–Trinajstić information content (AvgIpc) is 2.66. The Morgan fingerprint density at radius 1 is 1.67 bits per heavy atom. The molecule has 1 aromatic rings. The van der Waals surface area contributed by atoms with Crippen molar-refractivity contribution < 1.29 is 4.79 Å². The molecule has 82 valence electrons. The Morgan fingerprint density at radius 3 is 3.13 bits per heavy atom. The van der Waals surface area contributed by atoms with Gasteiger partial charge in [-0.15, -0.1) is 5.10 Å². The second-order valence-electron chi connectivity index (χ2n) is 3.70. The smallest absolute Gasteiger partial charge is 0.265 e. The van der Waals surface area contributed by atoms with E-state index < -0.39 is 0 Å². The zero-order chi connectivity index (χ0) is 10.7. The maximum Gasteiger partial charge on any atom is 0.265 e. The first-order valence-corrected chi connectivity index (χ1v) is 5.85. The van der Waals surface area contributed by atoms with Crippen LogP contribution in [-0.4, -0.2) is 34.6 Å². The molecular weight excluding hydrogens is 212 g/mol. The number of amides is 1. The van der Waals surface area contributed by atoms with Gasteiger partial charge < -0.3 is 10.6 Å². The first kappa shape index (κ1) is 10.5. The number of piperidine rings is 1. The van der Waals surface area contributed by atoms with Gasteiger partial charge in [0.2, 0.25) is 0 Å². The van der Waals surface area contributed by atoms with Gasteiger partial charge in [-0.05, 0) is 37.8 Å². The summed E-state index contributed by atoms with van der Waals surface area (Å²) in [6, 6.07) is 0.243. The number of rotatable bonds is 2. The molecule has 0 bridgehead atoms. The second-order valence-corrected chi connectivity index (χ2v) is 4.46. The van der Waals surface area contributed by atoms with E-state index in [2.05, 4.69) is 20.2 Å². The van der Waals surface area contributed by atoms with Gasteiger partial charge in [0, 0.05) is 12.6 Å². The Balaban J connectivity index is 1.94. The van der Waals surface area contributed by atoms with Gasteiger partial charge in [-0.1, -0.05) is 4.49 Å². The topological polar surface area (TPSA) is 66.9 Å². The highest BCUT2D eigenvalue weighted by Gasteiger charge is 2.19. The van der Waals surface area contributed by atoms with Crippen LogP contribution in [0, 0.1) is 6.92 Å². The minimum absolute atomic E-state index is 0.0452. The molecule has 0 saturated carbocycles. The Hall–Kier alpha value is -1.01. The van der Waals surface area contributed by atoms with E-state index >= 15 is 0 Å². The minimum atomic E-state index is -0.0452. The Morgan fingerprint density at radius 2 is 2.53 bits per heavy atom. The number of nitrogens with zero attached hydrogens (tertiary/aromatic N) is 2. The fourth-order valence-corrected chi connectivity index (χ4v) is 2.23. The SMILES string of the molecule is Cc1nnsc1C(=O)NC1CCCNC1. The molecule has 1 atom stereocenters. The lowest BCUT2D eigenvalue weighted by Gasteiger charge is -2.23. The lowest BCUT2D eigenvalue weighted by Crippen LogP contribution is -2.45. The average molecular weight is 226 g/mol. The van der Waals surface area contributed by atoms with E-state index in [4.69, 9.17) is 0 Å². The van der Waals surface area contributed by atoms with Gasteiger partial charge in [0.05, 0.1) is 5.69 Å². The van der Waals surface area contributed by atoms with Crippen LogP contribution >= 0.6 is 11.5 Å². The number of hydrogen-bond acceptors (Lipinski definition) is 5. The van der Waals surface area contributed by atoms with Crippen molar-refractivity contribution >= 4 is 17.4 Å². The number of aromatic nitrogens is 2. The zero-order valence-corrected chi connectivity index (χ0v) is 9.43. The maximum atomic E-state index is 11.8. The number of carbonyl (C=O) groups excluding carboxylic acids is 1. The molecule has 1 amide bonds. The fourth-order valence-electron chi connectivity index (χ4n) is 1.67. The molecule has 1 aliphatic rings. The predicted octanol–water partition coefficient (Wildman–Crippen LogP) is 0.328. The summed E-state index contributed by atoms with van der Waals surface area (Å²) < 4.78 is 3.75. The number of aryl methyl sites for hydroxylation is 1. The van der Waals surface area contributed by atoms with E-state index in [1.807, 2.05) is 0 Å². The van der Waals surface area contributed by atoms with Gasteiger partial charge in [0.25, 0.3) is 5.91 Å². The zero-order valence-electron chi connectivity index (χ0n) is 8.62. The largest absolute Gasteiger partial charge is 0.347 e. The van der Waals surface area contributed by atoms with Crippen molar-refractivity contribution in [1.29, 1.82) is 0 Å². The van der Waals surface area contributed by atoms with Crippen LogP contribution < -0.4 is 10.6 Å². The lowest BCUT2D eigenvalue weighted by molar-refractivity contribution is 0.0934. The Bertz CT molecular complexity index is 346. The third kappa shape index (κ3) is 2.51. The van der Waals surface area contributed by atoms with Crippen LogP contribution in [0.3, 0.4) is 0 Å². The third-order valence-corrected chi connectivity index (χ3v) is 3.32. The van der Waals surface area contributed by atoms with Gasteiger partial charge in [-0.3, -0.25) is 4.79 Å². The van der Waals surface area contributed by atoms with Gasteiger partial charge >= 0.3 is 0 Å². The highest BCUT2D eigenvalue weighted by Crippen LogP contribution is 2.10. The molecule has 0 aliphatic carbocycles. The number of nitrogens with one attached hydrogen (secondary N) is 2. The van der Waals surface area contributed by atoms with Crippen molar-refractivity contribution in [2.75, 3.05) is 13.1 Å². The van der Waals surface area contributed by atoms with Crippen molar-refractivity contribution in [3.05, 3.63) is 10.6 Å². The Kier molecular flexibility index (Phi) is 3.27.